The van der Waals surface area contributed by atoms with Gasteiger partial charge < -0.3 is 14.2 Å². The average molecular weight is 261 g/mol. The largest absolute Gasteiger partial charge is 0.493 e. The van der Waals surface area contributed by atoms with E-state index < -0.39 is 0 Å². The zero-order valence-corrected chi connectivity index (χ0v) is 11.3. The molecule has 100 valence electrons. The van der Waals surface area contributed by atoms with E-state index in [1.54, 1.807) is 32.5 Å². The molecule has 5 heteroatoms. The van der Waals surface area contributed by atoms with Crippen LogP contribution in [-0.4, -0.2) is 32.1 Å². The molecule has 0 aliphatic carbocycles. The number of benzene rings is 1. The Labute approximate surface area is 111 Å². The summed E-state index contributed by atoms with van der Waals surface area (Å²) in [6.45, 7) is 1.48. The summed E-state index contributed by atoms with van der Waals surface area (Å²) < 4.78 is 16.0. The fourth-order valence-corrected chi connectivity index (χ4v) is 2.08. The topological polar surface area (TPSA) is 57.7 Å². The summed E-state index contributed by atoms with van der Waals surface area (Å²) in [7, 11) is 4.62. The number of ketones is 1. The van der Waals surface area contributed by atoms with Gasteiger partial charge in [-0.1, -0.05) is 0 Å². The average Bonchev–Trinajstić information content (AvgIpc) is 2.43. The minimum atomic E-state index is -0.111. The van der Waals surface area contributed by atoms with Crippen LogP contribution in [0.15, 0.2) is 18.3 Å². The second-order valence-corrected chi connectivity index (χ2v) is 3.96. The van der Waals surface area contributed by atoms with E-state index in [1.165, 1.54) is 14.0 Å². The fourth-order valence-electron chi connectivity index (χ4n) is 2.08. The van der Waals surface area contributed by atoms with Crippen LogP contribution in [0.4, 0.5) is 0 Å². The highest BCUT2D eigenvalue weighted by molar-refractivity contribution is 6.08. The number of hydrogen-bond acceptors (Lipinski definition) is 5. The van der Waals surface area contributed by atoms with Gasteiger partial charge in [0, 0.05) is 23.9 Å². The maximum absolute atomic E-state index is 11.6. The van der Waals surface area contributed by atoms with Crippen LogP contribution in [0.3, 0.4) is 0 Å². The van der Waals surface area contributed by atoms with Crippen molar-refractivity contribution in [2.45, 2.75) is 6.92 Å². The Morgan fingerprint density at radius 3 is 2.26 bits per heavy atom. The molecule has 0 spiro atoms. The highest BCUT2D eigenvalue weighted by atomic mass is 16.5. The van der Waals surface area contributed by atoms with Crippen molar-refractivity contribution in [2.24, 2.45) is 0 Å². The first-order valence-corrected chi connectivity index (χ1v) is 5.72. The van der Waals surface area contributed by atoms with E-state index in [4.69, 9.17) is 14.2 Å². The zero-order valence-electron chi connectivity index (χ0n) is 11.3. The van der Waals surface area contributed by atoms with Crippen LogP contribution in [0.25, 0.3) is 10.8 Å². The zero-order chi connectivity index (χ0) is 14.0. The summed E-state index contributed by atoms with van der Waals surface area (Å²) in [5.41, 5.74) is 0.386. The standard InChI is InChI=1S/C14H15NO4/c1-8(16)12-10-7-11(17-2)14(19-4)13(18-3)9(10)5-6-15-12/h5-7H,1-4H3. The lowest BCUT2D eigenvalue weighted by Crippen LogP contribution is -2.01. The van der Waals surface area contributed by atoms with Crippen molar-refractivity contribution in [3.8, 4) is 17.2 Å². The lowest BCUT2D eigenvalue weighted by molar-refractivity contribution is 0.101. The maximum Gasteiger partial charge on any atom is 0.203 e. The molecule has 0 aliphatic heterocycles. The van der Waals surface area contributed by atoms with Gasteiger partial charge in [-0.3, -0.25) is 9.78 Å². The van der Waals surface area contributed by atoms with E-state index >= 15 is 0 Å². The van der Waals surface area contributed by atoms with E-state index in [1.807, 2.05) is 0 Å². The summed E-state index contributed by atoms with van der Waals surface area (Å²) in [6, 6.07) is 3.52. The molecule has 2 aromatic rings. The van der Waals surface area contributed by atoms with Gasteiger partial charge in [-0.2, -0.15) is 0 Å². The molecule has 0 atom stereocenters. The summed E-state index contributed by atoms with van der Waals surface area (Å²) in [6.07, 6.45) is 1.58. The molecule has 0 saturated carbocycles. The molecule has 5 nitrogen and oxygen atoms in total. The van der Waals surface area contributed by atoms with Crippen molar-refractivity contribution in [3.05, 3.63) is 24.0 Å². The number of nitrogens with zero attached hydrogens (tertiary/aromatic N) is 1. The van der Waals surface area contributed by atoms with Crippen LogP contribution in [0, 0.1) is 0 Å². The van der Waals surface area contributed by atoms with Gasteiger partial charge in [0.05, 0.1) is 21.3 Å². The van der Waals surface area contributed by atoms with Crippen molar-refractivity contribution < 1.29 is 19.0 Å². The van der Waals surface area contributed by atoms with Crippen molar-refractivity contribution in [1.82, 2.24) is 4.98 Å². The Kier molecular flexibility index (Phi) is 3.55. The van der Waals surface area contributed by atoms with Crippen LogP contribution >= 0.6 is 0 Å². The number of pyridine rings is 1. The third-order valence-corrected chi connectivity index (χ3v) is 2.90. The number of methoxy groups -OCH3 is 3. The quantitative estimate of drug-likeness (QED) is 0.791. The molecule has 1 heterocycles. The number of carbonyl (C=O) groups is 1. The predicted molar refractivity (Wildman–Crippen MR) is 71.4 cm³/mol. The molecule has 1 aromatic heterocycles. The molecule has 0 amide bonds. The van der Waals surface area contributed by atoms with Crippen LogP contribution in [0.2, 0.25) is 0 Å². The van der Waals surface area contributed by atoms with Gasteiger partial charge in [-0.15, -0.1) is 0 Å². The molecule has 0 radical (unpaired) electrons. The molecule has 0 unspecified atom stereocenters. The first kappa shape index (κ1) is 13.1. The Morgan fingerprint density at radius 2 is 1.74 bits per heavy atom. The van der Waals surface area contributed by atoms with Gasteiger partial charge in [0.15, 0.2) is 17.3 Å². The number of aromatic nitrogens is 1. The van der Waals surface area contributed by atoms with Gasteiger partial charge in [0.1, 0.15) is 5.69 Å². The smallest absolute Gasteiger partial charge is 0.203 e. The number of hydrogen-bond donors (Lipinski definition) is 0. The Hall–Kier alpha value is -2.30. The second-order valence-electron chi connectivity index (χ2n) is 3.96. The molecule has 0 bridgehead atoms. The lowest BCUT2D eigenvalue weighted by Gasteiger charge is -2.15. The van der Waals surface area contributed by atoms with Crippen LogP contribution < -0.4 is 14.2 Å². The predicted octanol–water partition coefficient (Wildman–Crippen LogP) is 2.46. The first-order valence-electron chi connectivity index (χ1n) is 5.72. The minimum Gasteiger partial charge on any atom is -0.493 e. The third-order valence-electron chi connectivity index (χ3n) is 2.90. The molecular weight excluding hydrogens is 246 g/mol. The molecule has 19 heavy (non-hydrogen) atoms. The molecule has 0 aliphatic rings. The van der Waals surface area contributed by atoms with Crippen molar-refractivity contribution in [3.63, 3.8) is 0 Å². The normalized spacial score (nSPS) is 10.3. The van der Waals surface area contributed by atoms with Gasteiger partial charge in [0.2, 0.25) is 5.75 Å². The van der Waals surface area contributed by atoms with Gasteiger partial charge in [-0.25, -0.2) is 0 Å². The lowest BCUT2D eigenvalue weighted by atomic mass is 10.1. The van der Waals surface area contributed by atoms with Gasteiger partial charge >= 0.3 is 0 Å². The number of rotatable bonds is 4. The van der Waals surface area contributed by atoms with Crippen LogP contribution in [0.5, 0.6) is 17.2 Å². The van der Waals surface area contributed by atoms with Crippen LogP contribution in [-0.2, 0) is 0 Å². The monoisotopic (exact) mass is 261 g/mol. The third kappa shape index (κ3) is 2.07. The number of ether oxygens (including phenoxy) is 3. The SMILES string of the molecule is COc1cc2c(C(C)=O)nccc2c(OC)c1OC. The molecule has 0 N–H and O–H groups in total. The number of Topliss-reactive ketones (excluding diaryl/α,β-unsaturated/α-hetero) is 1. The molecule has 0 fully saturated rings. The molecular formula is C14H15NO4. The fraction of sp³-hybridized carbons (Fsp3) is 0.286. The summed E-state index contributed by atoms with van der Waals surface area (Å²) in [4.78, 5) is 15.7. The Balaban J connectivity index is 2.92. The number of fused-ring (bicyclic) bond motifs is 1. The first-order chi connectivity index (χ1) is 9.13. The molecule has 1 aromatic carbocycles. The van der Waals surface area contributed by atoms with Crippen molar-refractivity contribution >= 4 is 16.6 Å². The van der Waals surface area contributed by atoms with E-state index in [2.05, 4.69) is 4.98 Å². The Bertz CT molecular complexity index is 637. The molecule has 2 rings (SSSR count). The van der Waals surface area contributed by atoms with Crippen molar-refractivity contribution in [2.75, 3.05) is 21.3 Å². The Morgan fingerprint density at radius 1 is 1.05 bits per heavy atom. The summed E-state index contributed by atoms with van der Waals surface area (Å²) in [5.74, 6) is 1.42. The summed E-state index contributed by atoms with van der Waals surface area (Å²) >= 11 is 0. The molecule has 0 saturated heterocycles. The van der Waals surface area contributed by atoms with Crippen LogP contribution in [0.1, 0.15) is 17.4 Å². The van der Waals surface area contributed by atoms with Gasteiger partial charge in [0.25, 0.3) is 0 Å². The van der Waals surface area contributed by atoms with E-state index in [9.17, 15) is 4.79 Å². The summed E-state index contributed by atoms with van der Waals surface area (Å²) in [5, 5.41) is 1.45. The minimum absolute atomic E-state index is 0.111. The van der Waals surface area contributed by atoms with E-state index in [0.29, 0.717) is 28.3 Å². The van der Waals surface area contributed by atoms with E-state index in [-0.39, 0.29) is 5.78 Å². The van der Waals surface area contributed by atoms with E-state index in [0.717, 1.165) is 5.39 Å². The highest BCUT2D eigenvalue weighted by Gasteiger charge is 2.19. The second kappa shape index (κ2) is 5.14. The van der Waals surface area contributed by atoms with Gasteiger partial charge in [-0.05, 0) is 12.1 Å². The highest BCUT2D eigenvalue weighted by Crippen LogP contribution is 2.43. The maximum atomic E-state index is 11.6. The van der Waals surface area contributed by atoms with Crippen molar-refractivity contribution in [1.29, 1.82) is 0 Å². The number of carbonyl (C=O) groups excluding carboxylic acids is 1.